The van der Waals surface area contributed by atoms with Crippen molar-refractivity contribution in [3.05, 3.63) is 0 Å². The smallest absolute Gasteiger partial charge is 0.236 e. The predicted octanol–water partition coefficient (Wildman–Crippen LogP) is -0.400. The molecule has 0 aliphatic carbocycles. The van der Waals surface area contributed by atoms with Crippen LogP contribution in [0.5, 0.6) is 0 Å². The first-order valence-corrected chi connectivity index (χ1v) is 6.11. The maximum atomic E-state index is 11.3. The van der Waals surface area contributed by atoms with Gasteiger partial charge >= 0.3 is 0 Å². The third-order valence-corrected chi connectivity index (χ3v) is 4.54. The van der Waals surface area contributed by atoms with E-state index in [9.17, 15) is 4.79 Å². The minimum atomic E-state index is 0.0860. The first kappa shape index (κ1) is 10.3. The lowest BCUT2D eigenvalue weighted by molar-refractivity contribution is -0.130. The standard InChI is InChI=1S/C9H17N3OS/c10-7-8(13)12-4-1-9(2-5-12)11-3-6-14-9/h11H,1-7,10H2. The van der Waals surface area contributed by atoms with Gasteiger partial charge in [0.1, 0.15) is 0 Å². The number of likely N-dealkylation sites (tertiary alicyclic amines) is 1. The Morgan fingerprint density at radius 1 is 1.50 bits per heavy atom. The maximum absolute atomic E-state index is 11.3. The Kier molecular flexibility index (Phi) is 2.99. The first-order valence-electron chi connectivity index (χ1n) is 5.13. The van der Waals surface area contributed by atoms with Crippen LogP contribution in [-0.2, 0) is 4.79 Å². The monoisotopic (exact) mass is 215 g/mol. The summed E-state index contributed by atoms with van der Waals surface area (Å²) in [4.78, 5) is 13.5. The van der Waals surface area contributed by atoms with Gasteiger partial charge < -0.3 is 16.0 Å². The van der Waals surface area contributed by atoms with Crippen LogP contribution >= 0.6 is 11.8 Å². The summed E-state index contributed by atoms with van der Waals surface area (Å²) in [5.74, 6) is 1.29. The van der Waals surface area contributed by atoms with Crippen molar-refractivity contribution in [1.29, 1.82) is 0 Å². The highest BCUT2D eigenvalue weighted by Gasteiger charge is 2.38. The van der Waals surface area contributed by atoms with Gasteiger partial charge in [0.25, 0.3) is 0 Å². The lowest BCUT2D eigenvalue weighted by Crippen LogP contribution is -2.51. The maximum Gasteiger partial charge on any atom is 0.236 e. The predicted molar refractivity (Wildman–Crippen MR) is 58.1 cm³/mol. The van der Waals surface area contributed by atoms with Crippen molar-refractivity contribution in [2.75, 3.05) is 31.9 Å². The minimum absolute atomic E-state index is 0.0860. The molecule has 80 valence electrons. The Labute approximate surface area is 88.6 Å². The Bertz CT molecular complexity index is 218. The van der Waals surface area contributed by atoms with E-state index in [0.717, 1.165) is 32.5 Å². The third kappa shape index (κ3) is 1.89. The number of hydrogen-bond acceptors (Lipinski definition) is 4. The number of rotatable bonds is 1. The largest absolute Gasteiger partial charge is 0.341 e. The highest BCUT2D eigenvalue weighted by Crippen LogP contribution is 2.36. The van der Waals surface area contributed by atoms with E-state index in [1.807, 2.05) is 16.7 Å². The van der Waals surface area contributed by atoms with Crippen LogP contribution in [0.25, 0.3) is 0 Å². The molecule has 3 N–H and O–H groups in total. The topological polar surface area (TPSA) is 58.4 Å². The summed E-state index contributed by atoms with van der Waals surface area (Å²) in [7, 11) is 0. The van der Waals surface area contributed by atoms with Crippen LogP contribution in [0.15, 0.2) is 0 Å². The fourth-order valence-corrected chi connectivity index (χ4v) is 3.41. The van der Waals surface area contributed by atoms with E-state index in [1.54, 1.807) is 0 Å². The molecule has 1 amide bonds. The zero-order chi connectivity index (χ0) is 10.0. The summed E-state index contributed by atoms with van der Waals surface area (Å²) in [5.41, 5.74) is 5.34. The Hall–Kier alpha value is -0.260. The van der Waals surface area contributed by atoms with Gasteiger partial charge in [-0.25, -0.2) is 0 Å². The van der Waals surface area contributed by atoms with Gasteiger partial charge in [0.05, 0.1) is 11.4 Å². The second-order valence-corrected chi connectivity index (χ2v) is 5.33. The molecule has 5 heteroatoms. The van der Waals surface area contributed by atoms with E-state index >= 15 is 0 Å². The molecule has 0 aromatic rings. The lowest BCUT2D eigenvalue weighted by Gasteiger charge is -2.38. The van der Waals surface area contributed by atoms with Gasteiger partial charge in [-0.15, -0.1) is 11.8 Å². The van der Waals surface area contributed by atoms with Gasteiger partial charge in [-0.05, 0) is 12.8 Å². The molecule has 2 saturated heterocycles. The summed E-state index contributed by atoms with van der Waals surface area (Å²) < 4.78 is 0. The van der Waals surface area contributed by atoms with Gasteiger partial charge in [-0.2, -0.15) is 0 Å². The number of nitrogens with one attached hydrogen (secondary N) is 1. The molecule has 14 heavy (non-hydrogen) atoms. The molecule has 2 aliphatic rings. The van der Waals surface area contributed by atoms with Crippen LogP contribution in [0.1, 0.15) is 12.8 Å². The van der Waals surface area contributed by atoms with Gasteiger partial charge in [-0.1, -0.05) is 0 Å². The molecule has 2 heterocycles. The van der Waals surface area contributed by atoms with Crippen molar-refractivity contribution in [2.24, 2.45) is 5.73 Å². The summed E-state index contributed by atoms with van der Waals surface area (Å²) in [6.07, 6.45) is 2.12. The van der Waals surface area contributed by atoms with E-state index in [4.69, 9.17) is 5.73 Å². The quantitative estimate of drug-likeness (QED) is 0.625. The number of thioether (sulfide) groups is 1. The Morgan fingerprint density at radius 3 is 2.71 bits per heavy atom. The Morgan fingerprint density at radius 2 is 2.21 bits per heavy atom. The number of nitrogens with two attached hydrogens (primary N) is 1. The fraction of sp³-hybridized carbons (Fsp3) is 0.889. The van der Waals surface area contributed by atoms with Crippen molar-refractivity contribution >= 4 is 17.7 Å². The zero-order valence-electron chi connectivity index (χ0n) is 8.29. The number of piperidine rings is 1. The van der Waals surface area contributed by atoms with E-state index < -0.39 is 0 Å². The summed E-state index contributed by atoms with van der Waals surface area (Å²) in [6, 6.07) is 0. The average molecular weight is 215 g/mol. The number of hydrogen-bond donors (Lipinski definition) is 2. The Balaban J connectivity index is 1.88. The number of carbonyl (C=O) groups is 1. The molecule has 0 atom stereocenters. The summed E-state index contributed by atoms with van der Waals surface area (Å²) in [5, 5.41) is 3.54. The second kappa shape index (κ2) is 4.08. The number of carbonyl (C=O) groups excluding carboxylic acids is 1. The molecule has 0 bridgehead atoms. The van der Waals surface area contributed by atoms with Crippen LogP contribution in [0.3, 0.4) is 0 Å². The van der Waals surface area contributed by atoms with Crippen molar-refractivity contribution in [3.8, 4) is 0 Å². The summed E-state index contributed by atoms with van der Waals surface area (Å²) >= 11 is 2.01. The molecular formula is C9H17N3OS. The van der Waals surface area contributed by atoms with Crippen molar-refractivity contribution in [1.82, 2.24) is 10.2 Å². The van der Waals surface area contributed by atoms with Crippen molar-refractivity contribution in [3.63, 3.8) is 0 Å². The molecular weight excluding hydrogens is 198 g/mol. The second-order valence-electron chi connectivity index (χ2n) is 3.85. The van der Waals surface area contributed by atoms with E-state index in [-0.39, 0.29) is 17.3 Å². The molecule has 4 nitrogen and oxygen atoms in total. The first-order chi connectivity index (χ1) is 6.76. The molecule has 2 rings (SSSR count). The zero-order valence-corrected chi connectivity index (χ0v) is 9.11. The van der Waals surface area contributed by atoms with Crippen LogP contribution in [0.2, 0.25) is 0 Å². The molecule has 0 radical (unpaired) electrons. The molecule has 0 saturated carbocycles. The SMILES string of the molecule is NCC(=O)N1CCC2(CC1)NCCS2. The van der Waals surface area contributed by atoms with Gasteiger partial charge in [0.2, 0.25) is 5.91 Å². The molecule has 0 unspecified atom stereocenters. The van der Waals surface area contributed by atoms with Crippen LogP contribution in [0.4, 0.5) is 0 Å². The fourth-order valence-electron chi connectivity index (χ4n) is 2.14. The van der Waals surface area contributed by atoms with Crippen molar-refractivity contribution in [2.45, 2.75) is 17.7 Å². The molecule has 0 aromatic carbocycles. The van der Waals surface area contributed by atoms with E-state index in [0.29, 0.717) is 0 Å². The normalized spacial score (nSPS) is 25.6. The highest BCUT2D eigenvalue weighted by molar-refractivity contribution is 8.00. The van der Waals surface area contributed by atoms with Gasteiger partial charge in [-0.3, -0.25) is 4.79 Å². The highest BCUT2D eigenvalue weighted by atomic mass is 32.2. The van der Waals surface area contributed by atoms with E-state index in [2.05, 4.69) is 5.32 Å². The minimum Gasteiger partial charge on any atom is -0.341 e. The number of amides is 1. The van der Waals surface area contributed by atoms with Crippen LogP contribution < -0.4 is 11.1 Å². The average Bonchev–Trinajstić information content (AvgIpc) is 2.67. The third-order valence-electron chi connectivity index (χ3n) is 3.03. The van der Waals surface area contributed by atoms with Gasteiger partial charge in [0, 0.05) is 25.4 Å². The lowest BCUT2D eigenvalue weighted by atomic mass is 10.0. The molecule has 1 spiro atoms. The van der Waals surface area contributed by atoms with Crippen LogP contribution in [-0.4, -0.2) is 47.6 Å². The molecule has 0 aromatic heterocycles. The van der Waals surface area contributed by atoms with Crippen molar-refractivity contribution < 1.29 is 4.79 Å². The van der Waals surface area contributed by atoms with Crippen LogP contribution in [0, 0.1) is 0 Å². The molecule has 2 aliphatic heterocycles. The van der Waals surface area contributed by atoms with E-state index in [1.165, 1.54) is 5.75 Å². The van der Waals surface area contributed by atoms with Gasteiger partial charge in [0.15, 0.2) is 0 Å². The molecule has 2 fully saturated rings. The number of nitrogens with zero attached hydrogens (tertiary/aromatic N) is 1. The summed E-state index contributed by atoms with van der Waals surface area (Å²) in [6.45, 7) is 2.97.